The molecule has 0 N–H and O–H groups in total. The lowest BCUT2D eigenvalue weighted by atomic mass is 10.1. The van der Waals surface area contributed by atoms with Gasteiger partial charge in [0, 0.05) is 25.4 Å². The van der Waals surface area contributed by atoms with Crippen molar-refractivity contribution in [3.8, 4) is 22.6 Å². The van der Waals surface area contributed by atoms with Crippen LogP contribution in [0.25, 0.3) is 33.7 Å². The van der Waals surface area contributed by atoms with Crippen molar-refractivity contribution in [1.29, 1.82) is 0 Å². The van der Waals surface area contributed by atoms with Crippen molar-refractivity contribution < 1.29 is 0 Å². The van der Waals surface area contributed by atoms with E-state index in [9.17, 15) is 0 Å². The molecule has 5 rings (SSSR count). The maximum absolute atomic E-state index is 6.92. The van der Waals surface area contributed by atoms with E-state index in [-0.39, 0.29) is 0 Å². The molecule has 1 aliphatic rings. The first-order valence-corrected chi connectivity index (χ1v) is 10.4. The molecule has 1 saturated heterocycles. The Morgan fingerprint density at radius 3 is 2.45 bits per heavy atom. The molecule has 1 fully saturated rings. The normalized spacial score (nSPS) is 14.8. The van der Waals surface area contributed by atoms with Gasteiger partial charge in [0.25, 0.3) is 0 Å². The van der Waals surface area contributed by atoms with E-state index < -0.39 is 0 Å². The zero-order valence-electron chi connectivity index (χ0n) is 16.4. The largest absolute Gasteiger partial charge is 0.349 e. The molecule has 0 unspecified atom stereocenters. The summed E-state index contributed by atoms with van der Waals surface area (Å²) in [7, 11) is 2.02. The third-order valence-corrected chi connectivity index (χ3v) is 6.03. The van der Waals surface area contributed by atoms with E-state index in [4.69, 9.17) is 16.7 Å². The van der Waals surface area contributed by atoms with Gasteiger partial charge in [-0.1, -0.05) is 41.9 Å². The highest BCUT2D eigenvalue weighted by Crippen LogP contribution is 2.37. The molecular weight excluding hydrogens is 384 g/mol. The van der Waals surface area contributed by atoms with Crippen molar-refractivity contribution in [2.45, 2.75) is 19.4 Å². The number of rotatable bonds is 5. The average molecular weight is 407 g/mol. The summed E-state index contributed by atoms with van der Waals surface area (Å²) in [4.78, 5) is 2.48. The van der Waals surface area contributed by atoms with Crippen molar-refractivity contribution in [3.05, 3.63) is 53.7 Å². The van der Waals surface area contributed by atoms with Crippen molar-refractivity contribution in [2.75, 3.05) is 19.6 Å². The summed E-state index contributed by atoms with van der Waals surface area (Å²) >= 11 is 6.92. The zero-order valence-corrected chi connectivity index (χ0v) is 17.2. The maximum Gasteiger partial charge on any atom is 0.182 e. The summed E-state index contributed by atoms with van der Waals surface area (Å²) in [6, 6.07) is 14.0. The molecule has 7 heteroatoms. The van der Waals surface area contributed by atoms with Gasteiger partial charge in [0.2, 0.25) is 0 Å². The number of likely N-dealkylation sites (tertiary alicyclic amines) is 1. The monoisotopic (exact) mass is 406 g/mol. The summed E-state index contributed by atoms with van der Waals surface area (Å²) in [5, 5.41) is 15.4. The van der Waals surface area contributed by atoms with Crippen LogP contribution in [0.4, 0.5) is 0 Å². The molecule has 4 heterocycles. The number of aromatic nitrogens is 5. The fraction of sp³-hybridized carbons (Fsp3) is 0.318. The quantitative estimate of drug-likeness (QED) is 0.497. The summed E-state index contributed by atoms with van der Waals surface area (Å²) in [5.41, 5.74) is 4.25. The van der Waals surface area contributed by atoms with Crippen LogP contribution in [0.2, 0.25) is 5.02 Å². The Morgan fingerprint density at radius 2 is 1.72 bits per heavy atom. The summed E-state index contributed by atoms with van der Waals surface area (Å²) in [5.74, 6) is 0. The van der Waals surface area contributed by atoms with Gasteiger partial charge in [0.1, 0.15) is 11.4 Å². The molecule has 1 aromatic carbocycles. The summed E-state index contributed by atoms with van der Waals surface area (Å²) < 4.78 is 4.02. The average Bonchev–Trinajstić information content (AvgIpc) is 3.47. The third kappa shape index (κ3) is 3.32. The summed E-state index contributed by atoms with van der Waals surface area (Å²) in [6.07, 6.45) is 4.58. The fourth-order valence-corrected chi connectivity index (χ4v) is 4.40. The van der Waals surface area contributed by atoms with Gasteiger partial charge in [0.05, 0.1) is 22.6 Å². The van der Waals surface area contributed by atoms with Gasteiger partial charge < -0.3 is 9.47 Å². The number of hydrogen-bond acceptors (Lipinski definition) is 4. The van der Waals surface area contributed by atoms with Crippen LogP contribution in [0.3, 0.4) is 0 Å². The molecule has 0 atom stereocenters. The van der Waals surface area contributed by atoms with Crippen molar-refractivity contribution >= 4 is 22.6 Å². The molecule has 0 aliphatic carbocycles. The molecule has 0 radical (unpaired) electrons. The van der Waals surface area contributed by atoms with Gasteiger partial charge in [-0.05, 0) is 38.1 Å². The third-order valence-electron chi connectivity index (χ3n) is 5.66. The van der Waals surface area contributed by atoms with Gasteiger partial charge >= 0.3 is 0 Å². The minimum Gasteiger partial charge on any atom is -0.349 e. The van der Waals surface area contributed by atoms with Gasteiger partial charge in [-0.15, -0.1) is 10.2 Å². The van der Waals surface area contributed by atoms with E-state index in [2.05, 4.69) is 25.7 Å². The lowest BCUT2D eigenvalue weighted by molar-refractivity contribution is 0.317. The molecule has 0 spiro atoms. The first kappa shape index (κ1) is 18.3. The zero-order chi connectivity index (χ0) is 19.8. The Morgan fingerprint density at radius 1 is 0.931 bits per heavy atom. The fourth-order valence-electron chi connectivity index (χ4n) is 4.08. The predicted molar refractivity (Wildman–Crippen MR) is 116 cm³/mol. The molecule has 6 nitrogen and oxygen atoms in total. The van der Waals surface area contributed by atoms with Gasteiger partial charge in [-0.3, -0.25) is 0 Å². The van der Waals surface area contributed by atoms with Crippen LogP contribution in [0, 0.1) is 0 Å². The number of fused-ring (bicyclic) bond motifs is 1. The Bertz CT molecular complexity index is 1140. The Hall–Kier alpha value is -2.70. The van der Waals surface area contributed by atoms with Crippen LogP contribution in [0.5, 0.6) is 0 Å². The van der Waals surface area contributed by atoms with Crippen LogP contribution in [0.1, 0.15) is 12.8 Å². The summed E-state index contributed by atoms with van der Waals surface area (Å²) in [6.45, 7) is 4.06. The number of halogens is 1. The highest BCUT2D eigenvalue weighted by molar-refractivity contribution is 6.38. The second-order valence-electron chi connectivity index (χ2n) is 7.55. The smallest absolute Gasteiger partial charge is 0.182 e. The van der Waals surface area contributed by atoms with Crippen LogP contribution in [-0.4, -0.2) is 49.1 Å². The van der Waals surface area contributed by atoms with Gasteiger partial charge in [-0.25, -0.2) is 4.68 Å². The first-order chi connectivity index (χ1) is 14.2. The molecule has 148 valence electrons. The van der Waals surface area contributed by atoms with Gasteiger partial charge in [-0.2, -0.15) is 5.10 Å². The predicted octanol–water partition coefficient (Wildman–Crippen LogP) is 4.25. The highest BCUT2D eigenvalue weighted by Gasteiger charge is 2.22. The van der Waals surface area contributed by atoms with E-state index in [0.717, 1.165) is 54.2 Å². The number of hydrogen-bond donors (Lipinski definition) is 0. The molecular formula is C22H23ClN6. The van der Waals surface area contributed by atoms with Crippen LogP contribution in [0.15, 0.2) is 48.7 Å². The second kappa shape index (κ2) is 7.61. The molecule has 3 aromatic heterocycles. The van der Waals surface area contributed by atoms with E-state index in [0.29, 0.717) is 10.7 Å². The van der Waals surface area contributed by atoms with Crippen molar-refractivity contribution in [2.24, 2.45) is 7.05 Å². The molecule has 0 amide bonds. The Labute approximate surface area is 174 Å². The maximum atomic E-state index is 6.92. The van der Waals surface area contributed by atoms with E-state index in [1.54, 1.807) is 0 Å². The van der Waals surface area contributed by atoms with Crippen LogP contribution < -0.4 is 0 Å². The molecule has 0 saturated carbocycles. The number of benzene rings is 1. The minimum absolute atomic E-state index is 0.602. The first-order valence-electron chi connectivity index (χ1n) is 10.0. The number of nitrogens with zero attached hydrogens (tertiary/aromatic N) is 6. The van der Waals surface area contributed by atoms with E-state index in [1.807, 2.05) is 54.3 Å². The second-order valence-corrected chi connectivity index (χ2v) is 7.93. The van der Waals surface area contributed by atoms with E-state index in [1.165, 1.54) is 12.8 Å². The topological polar surface area (TPSA) is 51.8 Å². The van der Waals surface area contributed by atoms with E-state index >= 15 is 0 Å². The van der Waals surface area contributed by atoms with Crippen LogP contribution in [-0.2, 0) is 13.6 Å². The standard InChI is InChI=1S/C22H23ClN6/c1-27-11-7-10-17(27)21-18-19(23)20(16-8-3-2-4-9-16)24-25-22(18)29(26-21)15-14-28-12-5-6-13-28/h2-4,7-11H,5-6,12-15H2,1H3. The van der Waals surface area contributed by atoms with Crippen molar-refractivity contribution in [3.63, 3.8) is 0 Å². The highest BCUT2D eigenvalue weighted by atomic mass is 35.5. The number of aryl methyl sites for hydroxylation is 1. The SMILES string of the molecule is Cn1cccc1-c1nn(CCN2CCCC2)c2nnc(-c3ccccc3)c(Cl)c12. The van der Waals surface area contributed by atoms with Crippen LogP contribution >= 0.6 is 11.6 Å². The molecule has 29 heavy (non-hydrogen) atoms. The Kier molecular flexibility index (Phi) is 4.81. The molecule has 4 aromatic rings. The molecule has 0 bridgehead atoms. The molecule has 1 aliphatic heterocycles. The van der Waals surface area contributed by atoms with Crippen molar-refractivity contribution in [1.82, 2.24) is 29.4 Å². The lowest BCUT2D eigenvalue weighted by Crippen LogP contribution is -2.24. The van der Waals surface area contributed by atoms with Gasteiger partial charge in [0.15, 0.2) is 5.65 Å². The minimum atomic E-state index is 0.602. The Balaban J connectivity index is 1.65. The lowest BCUT2D eigenvalue weighted by Gasteiger charge is -2.14.